The van der Waals surface area contributed by atoms with E-state index in [0.717, 1.165) is 0 Å². The molecule has 0 saturated heterocycles. The topological polar surface area (TPSA) is 116 Å². The quantitative estimate of drug-likeness (QED) is 0.174. The van der Waals surface area contributed by atoms with Crippen LogP contribution in [0.5, 0.6) is 0 Å². The van der Waals surface area contributed by atoms with E-state index in [-0.39, 0.29) is 6.92 Å². The molecule has 176 valence electrons. The summed E-state index contributed by atoms with van der Waals surface area (Å²) >= 11 is 0. The second-order valence-electron chi connectivity index (χ2n) is 5.21. The average Bonchev–Trinajstić information content (AvgIpc) is 2.49. The van der Waals surface area contributed by atoms with Crippen LogP contribution >= 0.6 is 0 Å². The van der Waals surface area contributed by atoms with Crippen molar-refractivity contribution in [2.24, 2.45) is 0 Å². The van der Waals surface area contributed by atoms with Crippen LogP contribution in [0.25, 0.3) is 0 Å². The second-order valence-corrected chi connectivity index (χ2v) is 6.76. The lowest BCUT2D eigenvalue weighted by Gasteiger charge is -2.33. The first-order valence-electron chi connectivity index (χ1n) is 6.99. The van der Waals surface area contributed by atoms with Crippen molar-refractivity contribution in [2.75, 3.05) is 6.61 Å². The third-order valence-corrected chi connectivity index (χ3v) is 3.88. The van der Waals surface area contributed by atoms with E-state index in [2.05, 4.69) is 20.8 Å². The fourth-order valence-corrected chi connectivity index (χ4v) is 1.66. The summed E-state index contributed by atoms with van der Waals surface area (Å²) < 4.78 is 156. The monoisotopic (exact) mass is 486 g/mol. The number of halogens is 9. The molecule has 2 atom stereocenters. The minimum atomic E-state index is -6.35. The van der Waals surface area contributed by atoms with Gasteiger partial charge >= 0.3 is 45.5 Å². The molecule has 2 unspecified atom stereocenters. The van der Waals surface area contributed by atoms with Crippen molar-refractivity contribution < 1.29 is 76.3 Å². The normalized spacial score (nSPS) is 16.4. The van der Waals surface area contributed by atoms with Crippen molar-refractivity contribution in [1.29, 1.82) is 0 Å². The maximum absolute atomic E-state index is 13.4. The smallest absolute Gasteiger partial charge is 0.448 e. The van der Waals surface area contributed by atoms with E-state index in [0.29, 0.717) is 0 Å². The Labute approximate surface area is 161 Å². The molecule has 0 radical (unpaired) electrons. The summed E-state index contributed by atoms with van der Waals surface area (Å²) in [6.07, 6.45) is -17.4. The Morgan fingerprint density at radius 3 is 1.87 bits per heavy atom. The number of esters is 2. The van der Waals surface area contributed by atoms with E-state index in [4.69, 9.17) is 4.55 Å². The molecule has 8 nitrogen and oxygen atoms in total. The van der Waals surface area contributed by atoms with Crippen LogP contribution < -0.4 is 0 Å². The molecular weight excluding hydrogens is 475 g/mol. The van der Waals surface area contributed by atoms with Gasteiger partial charge in [-0.25, -0.2) is 9.59 Å². The zero-order chi connectivity index (χ0) is 24.3. The highest BCUT2D eigenvalue weighted by atomic mass is 32.2. The highest BCUT2D eigenvalue weighted by Gasteiger charge is 2.69. The zero-order valence-corrected chi connectivity index (χ0v) is 15.1. The lowest BCUT2D eigenvalue weighted by molar-refractivity contribution is -0.359. The molecule has 0 heterocycles. The summed E-state index contributed by atoms with van der Waals surface area (Å²) in [4.78, 5) is 22.8. The molecule has 0 bridgehead atoms. The Morgan fingerprint density at radius 1 is 1.07 bits per heavy atom. The van der Waals surface area contributed by atoms with Gasteiger partial charge in [0.25, 0.3) is 0 Å². The van der Waals surface area contributed by atoms with Crippen molar-refractivity contribution in [3.8, 4) is 0 Å². The molecule has 0 aliphatic carbocycles. The summed E-state index contributed by atoms with van der Waals surface area (Å²) in [5.74, 6) is -13.4. The first kappa shape index (κ1) is 27.9. The number of hydrogen-bond acceptors (Lipinski definition) is 7. The lowest BCUT2D eigenvalue weighted by atomic mass is 10.2. The molecule has 0 rings (SSSR count). The van der Waals surface area contributed by atoms with Crippen LogP contribution in [-0.2, 0) is 33.9 Å². The van der Waals surface area contributed by atoms with Crippen LogP contribution in [0.2, 0.25) is 0 Å². The molecule has 0 aromatic rings. The van der Waals surface area contributed by atoms with Crippen LogP contribution in [0, 0.1) is 0 Å². The minimum Gasteiger partial charge on any atom is -0.448 e. The zero-order valence-electron chi connectivity index (χ0n) is 14.3. The van der Waals surface area contributed by atoms with Gasteiger partial charge in [-0.05, 0) is 6.92 Å². The van der Waals surface area contributed by atoms with E-state index in [1.54, 1.807) is 0 Å². The van der Waals surface area contributed by atoms with Crippen LogP contribution in [0.4, 0.5) is 39.5 Å². The first-order valence-corrected chi connectivity index (χ1v) is 8.43. The van der Waals surface area contributed by atoms with E-state index >= 15 is 0 Å². The van der Waals surface area contributed by atoms with E-state index < -0.39 is 70.4 Å². The number of carbonyl (C=O) groups is 2. The predicted octanol–water partition coefficient (Wildman–Crippen LogP) is 2.65. The van der Waals surface area contributed by atoms with Crippen molar-refractivity contribution >= 4 is 22.1 Å². The maximum atomic E-state index is 13.4. The molecule has 0 amide bonds. The van der Waals surface area contributed by atoms with Gasteiger partial charge in [-0.3, -0.25) is 4.55 Å². The molecule has 0 saturated carbocycles. The molecule has 0 aromatic carbocycles. The molecule has 0 aromatic heterocycles. The van der Waals surface area contributed by atoms with Crippen molar-refractivity contribution in [1.82, 2.24) is 0 Å². The Kier molecular flexibility index (Phi) is 8.34. The van der Waals surface area contributed by atoms with Gasteiger partial charge in [0.15, 0.2) is 6.10 Å². The van der Waals surface area contributed by atoms with Gasteiger partial charge in [0, 0.05) is 0 Å². The number of carbonyl (C=O) groups excluding carboxylic acids is 2. The summed E-state index contributed by atoms with van der Waals surface area (Å²) in [5.41, 5.74) is 0. The third-order valence-electron chi connectivity index (χ3n) is 2.92. The Balaban J connectivity index is 6.11. The van der Waals surface area contributed by atoms with Crippen molar-refractivity contribution in [3.05, 3.63) is 12.4 Å². The molecule has 18 heteroatoms. The standard InChI is InChI=1S/C12H11F9O8S/c1-5(13)7(22)29-10(12(19,20)21,8(23)28-6(2)11(16,17)18)27-4-3-9(14,15)30(24,25)26/h6H,1,3-4H2,2H3,(H,24,25,26). The first-order chi connectivity index (χ1) is 13.1. The van der Waals surface area contributed by atoms with Gasteiger partial charge in [0.2, 0.25) is 5.83 Å². The summed E-state index contributed by atoms with van der Waals surface area (Å²) in [6, 6.07) is 0. The molecule has 30 heavy (non-hydrogen) atoms. The Morgan fingerprint density at radius 2 is 1.53 bits per heavy atom. The van der Waals surface area contributed by atoms with E-state index in [9.17, 15) is 57.5 Å². The van der Waals surface area contributed by atoms with Crippen molar-refractivity contribution in [3.63, 3.8) is 0 Å². The maximum Gasteiger partial charge on any atom is 0.468 e. The van der Waals surface area contributed by atoms with Gasteiger partial charge < -0.3 is 14.2 Å². The van der Waals surface area contributed by atoms with Gasteiger partial charge in [-0.1, -0.05) is 6.58 Å². The Hall–Kier alpha value is -2.08. The largest absolute Gasteiger partial charge is 0.468 e. The SMILES string of the molecule is C=C(F)C(=O)OC(OCCC(F)(F)S(=O)(=O)O)(C(=O)OC(C)C(F)(F)F)C(F)(F)F. The van der Waals surface area contributed by atoms with Gasteiger partial charge in [0.1, 0.15) is 0 Å². The van der Waals surface area contributed by atoms with Crippen LogP contribution in [-0.4, -0.2) is 61.0 Å². The van der Waals surface area contributed by atoms with Gasteiger partial charge in [-0.2, -0.15) is 47.9 Å². The van der Waals surface area contributed by atoms with E-state index in [1.165, 1.54) is 0 Å². The lowest BCUT2D eigenvalue weighted by Crippen LogP contribution is -2.59. The fourth-order valence-electron chi connectivity index (χ4n) is 1.32. The van der Waals surface area contributed by atoms with Gasteiger partial charge in [-0.15, -0.1) is 0 Å². The Bertz CT molecular complexity index is 774. The van der Waals surface area contributed by atoms with Gasteiger partial charge in [0.05, 0.1) is 13.0 Å². The molecule has 0 spiro atoms. The fraction of sp³-hybridized carbons (Fsp3) is 0.667. The van der Waals surface area contributed by atoms with E-state index in [1.807, 2.05) is 0 Å². The third kappa shape index (κ3) is 6.73. The highest BCUT2D eigenvalue weighted by Crippen LogP contribution is 2.39. The van der Waals surface area contributed by atoms with Crippen LogP contribution in [0.1, 0.15) is 13.3 Å². The minimum absolute atomic E-state index is 0.0292. The molecular formula is C12H11F9O8S. The number of rotatable bonds is 9. The molecule has 0 fully saturated rings. The summed E-state index contributed by atoms with van der Waals surface area (Å²) in [6.45, 7) is 0.0605. The van der Waals surface area contributed by atoms with Crippen LogP contribution in [0.3, 0.4) is 0 Å². The average molecular weight is 486 g/mol. The molecule has 0 aliphatic heterocycles. The predicted molar refractivity (Wildman–Crippen MR) is 73.8 cm³/mol. The van der Waals surface area contributed by atoms with Crippen LogP contribution in [0.15, 0.2) is 12.4 Å². The summed E-state index contributed by atoms with van der Waals surface area (Å²) in [7, 11) is -6.19. The molecule has 1 N–H and O–H groups in total. The summed E-state index contributed by atoms with van der Waals surface area (Å²) in [5, 5.41) is -5.15. The number of hydrogen-bond donors (Lipinski definition) is 1. The number of ether oxygens (including phenoxy) is 3. The molecule has 0 aliphatic rings. The number of alkyl halides is 8. The van der Waals surface area contributed by atoms with Crippen molar-refractivity contribution in [2.45, 2.75) is 42.8 Å². The second kappa shape index (κ2) is 8.96. The highest BCUT2D eigenvalue weighted by molar-refractivity contribution is 7.86.